The van der Waals surface area contributed by atoms with Gasteiger partial charge in [0.05, 0.1) is 5.69 Å². The van der Waals surface area contributed by atoms with Gasteiger partial charge in [-0.3, -0.25) is 0 Å². The van der Waals surface area contributed by atoms with Gasteiger partial charge >= 0.3 is 0 Å². The van der Waals surface area contributed by atoms with Gasteiger partial charge in [0.25, 0.3) is 0 Å². The van der Waals surface area contributed by atoms with Crippen LogP contribution in [0.15, 0.2) is 237 Å². The molecule has 0 amide bonds. The summed E-state index contributed by atoms with van der Waals surface area (Å²) < 4.78 is 0. The highest BCUT2D eigenvalue weighted by Crippen LogP contribution is 2.48. The zero-order chi connectivity index (χ0) is 38.0. The summed E-state index contributed by atoms with van der Waals surface area (Å²) in [5.74, 6) is 0. The van der Waals surface area contributed by atoms with Crippen molar-refractivity contribution in [2.24, 2.45) is 0 Å². The van der Waals surface area contributed by atoms with Crippen LogP contribution in [0, 0.1) is 0 Å². The molecule has 10 aromatic carbocycles. The van der Waals surface area contributed by atoms with Crippen molar-refractivity contribution in [1.82, 2.24) is 0 Å². The van der Waals surface area contributed by atoms with Gasteiger partial charge in [-0.25, -0.2) is 0 Å². The molecule has 0 heterocycles. The Bertz CT molecular complexity index is 2990. The third kappa shape index (κ3) is 6.46. The summed E-state index contributed by atoms with van der Waals surface area (Å²) in [6.07, 6.45) is 0. The molecule has 0 unspecified atom stereocenters. The molecule has 0 aliphatic rings. The zero-order valence-corrected chi connectivity index (χ0v) is 31.5. The Kier molecular flexibility index (Phi) is 8.95. The highest BCUT2D eigenvalue weighted by Gasteiger charge is 2.23. The lowest BCUT2D eigenvalue weighted by atomic mass is 9.87. The van der Waals surface area contributed by atoms with Crippen molar-refractivity contribution in [3.05, 3.63) is 237 Å². The average Bonchev–Trinajstić information content (AvgIpc) is 3.29. The van der Waals surface area contributed by atoms with Crippen molar-refractivity contribution in [3.63, 3.8) is 0 Å². The molecular formula is C56H39N. The molecule has 10 rings (SSSR count). The van der Waals surface area contributed by atoms with Crippen LogP contribution in [0.3, 0.4) is 0 Å². The van der Waals surface area contributed by atoms with Crippen LogP contribution in [0.25, 0.3) is 77.2 Å². The van der Waals surface area contributed by atoms with E-state index in [1.807, 2.05) is 0 Å². The molecule has 1 heteroatoms. The van der Waals surface area contributed by atoms with Crippen LogP contribution < -0.4 is 4.90 Å². The summed E-state index contributed by atoms with van der Waals surface area (Å²) in [7, 11) is 0. The van der Waals surface area contributed by atoms with Crippen molar-refractivity contribution in [1.29, 1.82) is 0 Å². The second-order valence-corrected chi connectivity index (χ2v) is 14.5. The highest BCUT2D eigenvalue weighted by molar-refractivity contribution is 6.03. The van der Waals surface area contributed by atoms with E-state index in [1.54, 1.807) is 0 Å². The number of nitrogens with zero attached hydrogens (tertiary/aromatic N) is 1. The van der Waals surface area contributed by atoms with Gasteiger partial charge in [0.1, 0.15) is 0 Å². The summed E-state index contributed by atoms with van der Waals surface area (Å²) in [4.78, 5) is 2.45. The third-order valence-corrected chi connectivity index (χ3v) is 11.1. The molecule has 0 atom stereocenters. The van der Waals surface area contributed by atoms with Gasteiger partial charge in [-0.1, -0.05) is 206 Å². The maximum absolute atomic E-state index is 2.45. The maximum Gasteiger partial charge on any atom is 0.0546 e. The second-order valence-electron chi connectivity index (χ2n) is 14.5. The summed E-state index contributed by atoms with van der Waals surface area (Å²) in [6, 6.07) is 85.7. The molecule has 1 nitrogen and oxygen atoms in total. The summed E-state index contributed by atoms with van der Waals surface area (Å²) in [5.41, 5.74) is 15.2. The minimum atomic E-state index is 1.08. The number of benzene rings is 10. The quantitative estimate of drug-likeness (QED) is 0.151. The first-order valence-electron chi connectivity index (χ1n) is 19.6. The van der Waals surface area contributed by atoms with Crippen LogP contribution in [0.2, 0.25) is 0 Å². The highest BCUT2D eigenvalue weighted by atomic mass is 15.1. The first-order chi connectivity index (χ1) is 28.3. The van der Waals surface area contributed by atoms with Gasteiger partial charge in [-0.05, 0) is 102 Å². The monoisotopic (exact) mass is 725 g/mol. The van der Waals surface area contributed by atoms with E-state index >= 15 is 0 Å². The van der Waals surface area contributed by atoms with Gasteiger partial charge in [0, 0.05) is 16.9 Å². The maximum atomic E-state index is 2.45. The first kappa shape index (κ1) is 34.0. The Morgan fingerprint density at radius 1 is 0.246 bits per heavy atom. The van der Waals surface area contributed by atoms with E-state index in [2.05, 4.69) is 241 Å². The third-order valence-electron chi connectivity index (χ3n) is 11.1. The fourth-order valence-electron chi connectivity index (χ4n) is 8.42. The number of fused-ring (bicyclic) bond motifs is 2. The SMILES string of the molecule is c1ccc(-c2ccccc2-c2c(-c3ccccc3)cccc2N(c2ccc(-c3cccc4ccccc34)cc2)c2cccc(-c3cccc4ccccc34)c2)cc1. The van der Waals surface area contributed by atoms with E-state index in [1.165, 1.54) is 77.2 Å². The van der Waals surface area contributed by atoms with E-state index in [0.717, 1.165) is 17.1 Å². The predicted octanol–water partition coefficient (Wildman–Crippen LogP) is 15.8. The molecule has 0 aromatic heterocycles. The van der Waals surface area contributed by atoms with E-state index in [-0.39, 0.29) is 0 Å². The molecule has 0 fully saturated rings. The topological polar surface area (TPSA) is 3.24 Å². The Hall–Kier alpha value is -7.48. The fraction of sp³-hybridized carbons (Fsp3) is 0. The summed E-state index contributed by atoms with van der Waals surface area (Å²) >= 11 is 0. The first-order valence-corrected chi connectivity index (χ1v) is 19.6. The van der Waals surface area contributed by atoms with Crippen LogP contribution in [-0.2, 0) is 0 Å². The Labute approximate surface area is 334 Å². The second kappa shape index (κ2) is 15.0. The van der Waals surface area contributed by atoms with Gasteiger partial charge < -0.3 is 4.90 Å². The van der Waals surface area contributed by atoms with Crippen molar-refractivity contribution < 1.29 is 0 Å². The number of rotatable bonds is 8. The Morgan fingerprint density at radius 2 is 0.684 bits per heavy atom. The Morgan fingerprint density at radius 3 is 1.35 bits per heavy atom. The molecule has 0 bridgehead atoms. The van der Waals surface area contributed by atoms with E-state index in [0.29, 0.717) is 0 Å². The number of anilines is 3. The largest absolute Gasteiger partial charge is 0.310 e. The van der Waals surface area contributed by atoms with Crippen LogP contribution in [0.5, 0.6) is 0 Å². The normalized spacial score (nSPS) is 11.2. The van der Waals surface area contributed by atoms with Crippen LogP contribution in [0.1, 0.15) is 0 Å². The molecule has 0 aliphatic carbocycles. The zero-order valence-electron chi connectivity index (χ0n) is 31.5. The molecule has 0 saturated heterocycles. The van der Waals surface area contributed by atoms with Crippen LogP contribution in [0.4, 0.5) is 17.1 Å². The van der Waals surface area contributed by atoms with E-state index in [4.69, 9.17) is 0 Å². The van der Waals surface area contributed by atoms with Gasteiger partial charge in [-0.2, -0.15) is 0 Å². The van der Waals surface area contributed by atoms with Crippen molar-refractivity contribution in [2.75, 3.05) is 4.90 Å². The predicted molar refractivity (Wildman–Crippen MR) is 243 cm³/mol. The lowest BCUT2D eigenvalue weighted by Crippen LogP contribution is -2.12. The molecule has 57 heavy (non-hydrogen) atoms. The molecule has 0 spiro atoms. The van der Waals surface area contributed by atoms with Crippen molar-refractivity contribution in [3.8, 4) is 55.6 Å². The smallest absolute Gasteiger partial charge is 0.0546 e. The Balaban J connectivity index is 1.23. The van der Waals surface area contributed by atoms with E-state index < -0.39 is 0 Å². The standard InChI is InChI=1S/C56H39N/c1-3-17-40(18-4-1)51-29-11-12-30-54(51)56-53(43-19-5-2-6-20-43)33-16-34-55(56)57(46-37-35-44(36-38-46)50-31-14-23-41-21-7-9-27-48(41)50)47-26-13-25-45(39-47)52-32-15-24-42-22-8-10-28-49(42)52/h1-39H. The molecule has 0 radical (unpaired) electrons. The molecule has 0 N–H and O–H groups in total. The minimum absolute atomic E-state index is 1.08. The lowest BCUT2D eigenvalue weighted by molar-refractivity contribution is 1.28. The molecule has 268 valence electrons. The van der Waals surface area contributed by atoms with Gasteiger partial charge in [-0.15, -0.1) is 0 Å². The van der Waals surface area contributed by atoms with Crippen molar-refractivity contribution >= 4 is 38.6 Å². The number of hydrogen-bond acceptors (Lipinski definition) is 1. The summed E-state index contributed by atoms with van der Waals surface area (Å²) in [5, 5.41) is 4.97. The fourth-order valence-corrected chi connectivity index (χ4v) is 8.42. The summed E-state index contributed by atoms with van der Waals surface area (Å²) in [6.45, 7) is 0. The van der Waals surface area contributed by atoms with Crippen LogP contribution in [-0.4, -0.2) is 0 Å². The molecule has 0 aliphatic heterocycles. The average molecular weight is 726 g/mol. The molecular weight excluding hydrogens is 687 g/mol. The van der Waals surface area contributed by atoms with Crippen LogP contribution >= 0.6 is 0 Å². The lowest BCUT2D eigenvalue weighted by Gasteiger charge is -2.30. The number of hydrogen-bond donors (Lipinski definition) is 0. The van der Waals surface area contributed by atoms with Crippen molar-refractivity contribution in [2.45, 2.75) is 0 Å². The van der Waals surface area contributed by atoms with E-state index in [9.17, 15) is 0 Å². The minimum Gasteiger partial charge on any atom is -0.310 e. The van der Waals surface area contributed by atoms with Gasteiger partial charge in [0.2, 0.25) is 0 Å². The molecule has 0 saturated carbocycles. The molecule has 10 aromatic rings. The van der Waals surface area contributed by atoms with Gasteiger partial charge in [0.15, 0.2) is 0 Å².